The number of ether oxygens (including phenoxy) is 1. The van der Waals surface area contributed by atoms with Gasteiger partial charge in [0.1, 0.15) is 0 Å². The van der Waals surface area contributed by atoms with E-state index in [1.165, 1.54) is 0 Å². The van der Waals surface area contributed by atoms with Gasteiger partial charge in [-0.3, -0.25) is 4.79 Å². The van der Waals surface area contributed by atoms with E-state index in [9.17, 15) is 13.2 Å². The zero-order chi connectivity index (χ0) is 12.2. The van der Waals surface area contributed by atoms with E-state index in [4.69, 9.17) is 4.74 Å². The molecule has 0 heterocycles. The van der Waals surface area contributed by atoms with Crippen molar-refractivity contribution in [2.75, 3.05) is 12.4 Å². The summed E-state index contributed by atoms with van der Waals surface area (Å²) in [6.07, 6.45) is 3.67. The molecule has 0 aromatic heterocycles. The van der Waals surface area contributed by atoms with Crippen LogP contribution in [0, 0.1) is 5.92 Å². The summed E-state index contributed by atoms with van der Waals surface area (Å²) in [4.78, 5) is 11.7. The molecule has 0 aromatic carbocycles. The van der Waals surface area contributed by atoms with E-state index < -0.39 is 21.1 Å². The molecule has 0 aromatic rings. The first-order valence-corrected chi connectivity index (χ1v) is 7.62. The maximum atomic E-state index is 11.9. The van der Waals surface area contributed by atoms with Crippen LogP contribution < -0.4 is 0 Å². The van der Waals surface area contributed by atoms with Crippen molar-refractivity contribution in [1.29, 1.82) is 0 Å². The van der Waals surface area contributed by atoms with Gasteiger partial charge in [-0.25, -0.2) is 8.42 Å². The lowest BCUT2D eigenvalue weighted by Crippen LogP contribution is -2.38. The summed E-state index contributed by atoms with van der Waals surface area (Å²) in [6.45, 7) is 3.51. The number of carbonyl (C=O) groups excluding carboxylic acids is 1. The molecule has 0 aliphatic heterocycles. The fraction of sp³-hybridized carbons (Fsp3) is 0.909. The van der Waals surface area contributed by atoms with Crippen LogP contribution in [0.4, 0.5) is 0 Å². The molecule has 0 radical (unpaired) electrons. The number of hydrogen-bond donors (Lipinski definition) is 0. The fourth-order valence-electron chi connectivity index (χ4n) is 2.30. The van der Waals surface area contributed by atoms with E-state index in [1.54, 1.807) is 13.8 Å². The van der Waals surface area contributed by atoms with Crippen LogP contribution in [0.2, 0.25) is 0 Å². The van der Waals surface area contributed by atoms with Gasteiger partial charge in [-0.15, -0.1) is 0 Å². The van der Waals surface area contributed by atoms with Crippen LogP contribution in [-0.2, 0) is 19.4 Å². The van der Waals surface area contributed by atoms with Crippen LogP contribution in [-0.4, -0.2) is 32.0 Å². The van der Waals surface area contributed by atoms with Gasteiger partial charge in [-0.05, 0) is 25.7 Å². The second-order valence-electron chi connectivity index (χ2n) is 4.17. The molecule has 0 saturated heterocycles. The Kier molecular flexibility index (Phi) is 4.77. The Bertz CT molecular complexity index is 328. The normalized spacial score (nSPS) is 19.6. The molecule has 0 spiro atoms. The lowest BCUT2D eigenvalue weighted by atomic mass is 10.0. The maximum absolute atomic E-state index is 11.9. The van der Waals surface area contributed by atoms with Crippen molar-refractivity contribution in [3.63, 3.8) is 0 Å². The summed E-state index contributed by atoms with van der Waals surface area (Å²) < 4.78 is 28.7. The Labute approximate surface area is 97.3 Å². The standard InChI is InChI=1S/C11H20O4S/c1-3-15-11(12)10(16(13,14)4-2)9-7-5-6-8-9/h9-10H,3-8H2,1-2H3/t10-/m0/s1. The quantitative estimate of drug-likeness (QED) is 0.692. The molecule has 1 aliphatic carbocycles. The highest BCUT2D eigenvalue weighted by Crippen LogP contribution is 2.32. The van der Waals surface area contributed by atoms with E-state index >= 15 is 0 Å². The number of sulfone groups is 1. The summed E-state index contributed by atoms with van der Waals surface area (Å²) in [5.41, 5.74) is 0. The summed E-state index contributed by atoms with van der Waals surface area (Å²) in [6, 6.07) is 0. The second-order valence-corrected chi connectivity index (χ2v) is 6.58. The zero-order valence-corrected chi connectivity index (χ0v) is 10.8. The number of rotatable bonds is 5. The van der Waals surface area contributed by atoms with E-state index in [0.29, 0.717) is 0 Å². The SMILES string of the molecule is CCOC(=O)[C@H](C1CCCC1)S(=O)(=O)CC. The van der Waals surface area contributed by atoms with E-state index in [1.807, 2.05) is 0 Å². The molecular weight excluding hydrogens is 228 g/mol. The van der Waals surface area contributed by atoms with Crippen LogP contribution in [0.3, 0.4) is 0 Å². The molecule has 0 amide bonds. The smallest absolute Gasteiger partial charge is 0.324 e. The van der Waals surface area contributed by atoms with Gasteiger partial charge >= 0.3 is 5.97 Å². The topological polar surface area (TPSA) is 60.4 Å². The molecule has 0 bridgehead atoms. The lowest BCUT2D eigenvalue weighted by Gasteiger charge is -2.20. The zero-order valence-electron chi connectivity index (χ0n) is 9.94. The molecule has 1 saturated carbocycles. The molecule has 1 fully saturated rings. The molecule has 0 unspecified atom stereocenters. The largest absolute Gasteiger partial charge is 0.465 e. The summed E-state index contributed by atoms with van der Waals surface area (Å²) >= 11 is 0. The third-order valence-electron chi connectivity index (χ3n) is 3.14. The van der Waals surface area contributed by atoms with Crippen LogP contribution in [0.25, 0.3) is 0 Å². The minimum absolute atomic E-state index is 0.00693. The summed E-state index contributed by atoms with van der Waals surface area (Å²) in [5.74, 6) is -0.590. The molecule has 1 aliphatic rings. The van der Waals surface area contributed by atoms with Crippen LogP contribution >= 0.6 is 0 Å². The van der Waals surface area contributed by atoms with Gasteiger partial charge in [-0.2, -0.15) is 0 Å². The first-order valence-electron chi connectivity index (χ1n) is 5.91. The van der Waals surface area contributed by atoms with Crippen molar-refractivity contribution in [1.82, 2.24) is 0 Å². The number of carbonyl (C=O) groups is 1. The van der Waals surface area contributed by atoms with Gasteiger partial charge in [0.25, 0.3) is 0 Å². The highest BCUT2D eigenvalue weighted by Gasteiger charge is 2.40. The van der Waals surface area contributed by atoms with Crippen molar-refractivity contribution in [3.05, 3.63) is 0 Å². The van der Waals surface area contributed by atoms with Gasteiger partial charge in [-0.1, -0.05) is 19.8 Å². The molecule has 94 valence electrons. The van der Waals surface area contributed by atoms with Crippen LogP contribution in [0.15, 0.2) is 0 Å². The first-order chi connectivity index (χ1) is 7.53. The average molecular weight is 248 g/mol. The van der Waals surface area contributed by atoms with Crippen molar-refractivity contribution in [2.45, 2.75) is 44.8 Å². The van der Waals surface area contributed by atoms with Gasteiger partial charge in [0, 0.05) is 5.75 Å². The van der Waals surface area contributed by atoms with E-state index in [-0.39, 0.29) is 18.3 Å². The van der Waals surface area contributed by atoms with Crippen molar-refractivity contribution in [2.24, 2.45) is 5.92 Å². The minimum atomic E-state index is -3.34. The molecule has 4 nitrogen and oxygen atoms in total. The average Bonchev–Trinajstić information content (AvgIpc) is 2.71. The number of hydrogen-bond acceptors (Lipinski definition) is 4. The summed E-state index contributed by atoms with van der Waals surface area (Å²) in [5, 5.41) is -0.931. The highest BCUT2D eigenvalue weighted by atomic mass is 32.2. The third kappa shape index (κ3) is 2.97. The highest BCUT2D eigenvalue weighted by molar-refractivity contribution is 7.92. The molecular formula is C11H20O4S. The molecule has 1 atom stereocenters. The minimum Gasteiger partial charge on any atom is -0.465 e. The van der Waals surface area contributed by atoms with Gasteiger partial charge in [0.05, 0.1) is 6.61 Å². The Morgan fingerprint density at radius 1 is 1.31 bits per heavy atom. The van der Waals surface area contributed by atoms with Gasteiger partial charge in [0.15, 0.2) is 15.1 Å². The van der Waals surface area contributed by atoms with Crippen molar-refractivity contribution >= 4 is 15.8 Å². The third-order valence-corrected chi connectivity index (χ3v) is 5.29. The Hall–Kier alpha value is -0.580. The fourth-order valence-corrected chi connectivity index (χ4v) is 3.88. The van der Waals surface area contributed by atoms with E-state index in [0.717, 1.165) is 25.7 Å². The molecule has 1 rings (SSSR count). The maximum Gasteiger partial charge on any atom is 0.324 e. The van der Waals surface area contributed by atoms with Crippen LogP contribution in [0.1, 0.15) is 39.5 Å². The predicted octanol–water partition coefficient (Wildman–Crippen LogP) is 1.54. The molecule has 16 heavy (non-hydrogen) atoms. The Balaban J connectivity index is 2.88. The van der Waals surface area contributed by atoms with E-state index in [2.05, 4.69) is 0 Å². The summed E-state index contributed by atoms with van der Waals surface area (Å²) in [7, 11) is -3.34. The Morgan fingerprint density at radius 3 is 2.31 bits per heavy atom. The first kappa shape index (κ1) is 13.5. The lowest BCUT2D eigenvalue weighted by molar-refractivity contribution is -0.143. The second kappa shape index (κ2) is 5.66. The molecule has 0 N–H and O–H groups in total. The van der Waals surface area contributed by atoms with Crippen molar-refractivity contribution in [3.8, 4) is 0 Å². The monoisotopic (exact) mass is 248 g/mol. The molecule has 5 heteroatoms. The van der Waals surface area contributed by atoms with Gasteiger partial charge < -0.3 is 4.74 Å². The number of esters is 1. The van der Waals surface area contributed by atoms with Crippen molar-refractivity contribution < 1.29 is 17.9 Å². The van der Waals surface area contributed by atoms with Gasteiger partial charge in [0.2, 0.25) is 0 Å². The predicted molar refractivity (Wildman–Crippen MR) is 61.8 cm³/mol. The Morgan fingerprint density at radius 2 is 1.88 bits per heavy atom. The van der Waals surface area contributed by atoms with Crippen LogP contribution in [0.5, 0.6) is 0 Å².